The summed E-state index contributed by atoms with van der Waals surface area (Å²) in [5.74, 6) is 0.0378. The van der Waals surface area contributed by atoms with Crippen molar-refractivity contribution in [3.63, 3.8) is 0 Å². The van der Waals surface area contributed by atoms with Gasteiger partial charge >= 0.3 is 0 Å². The van der Waals surface area contributed by atoms with Crippen LogP contribution in [0.1, 0.15) is 20.3 Å². The molecule has 1 aliphatic rings. The zero-order valence-corrected chi connectivity index (χ0v) is 10.6. The minimum Gasteiger partial charge on any atom is -0.362 e. The lowest BCUT2D eigenvalue weighted by Crippen LogP contribution is -2.39. The Labute approximate surface area is 95.5 Å². The highest BCUT2D eigenvalue weighted by Crippen LogP contribution is 2.21. The van der Waals surface area contributed by atoms with Gasteiger partial charge in [0.25, 0.3) is 0 Å². The van der Waals surface area contributed by atoms with Crippen molar-refractivity contribution in [1.82, 2.24) is 10.2 Å². The third kappa shape index (κ3) is 4.11. The average Bonchev–Trinajstić information content (AvgIpc) is 2.12. The maximum absolute atomic E-state index is 11.3. The first-order valence-electron chi connectivity index (χ1n) is 5.17. The number of aliphatic imine (C=N–C) groups is 1. The number of carbonyl (C=O) groups is 1. The molecular formula is C10H19N3OS. The molecule has 1 amide bonds. The van der Waals surface area contributed by atoms with Gasteiger partial charge in [-0.2, -0.15) is 0 Å². The lowest BCUT2D eigenvalue weighted by Gasteiger charge is -2.26. The molecule has 0 spiro atoms. The van der Waals surface area contributed by atoms with Crippen molar-refractivity contribution in [2.75, 3.05) is 20.6 Å². The first-order chi connectivity index (χ1) is 6.99. The molecule has 0 radical (unpaired) electrons. The highest BCUT2D eigenvalue weighted by atomic mass is 32.2. The molecule has 2 atom stereocenters. The van der Waals surface area contributed by atoms with Gasteiger partial charge in [0.05, 0.1) is 0 Å². The summed E-state index contributed by atoms with van der Waals surface area (Å²) in [5, 5.41) is 4.76. The molecule has 0 aliphatic carbocycles. The number of amides is 1. The number of nitrogens with one attached hydrogen (secondary N) is 1. The van der Waals surface area contributed by atoms with E-state index in [1.165, 1.54) is 0 Å². The van der Waals surface area contributed by atoms with Crippen LogP contribution < -0.4 is 5.32 Å². The fourth-order valence-electron chi connectivity index (χ4n) is 1.40. The minimum absolute atomic E-state index is 0.0378. The number of amidine groups is 1. The number of rotatable bonds is 2. The second kappa shape index (κ2) is 5.39. The molecule has 0 bridgehead atoms. The molecule has 4 nitrogen and oxygen atoms in total. The summed E-state index contributed by atoms with van der Waals surface area (Å²) in [6, 6.07) is 0.453. The first kappa shape index (κ1) is 12.4. The molecule has 1 N–H and O–H groups in total. The van der Waals surface area contributed by atoms with Crippen molar-refractivity contribution in [2.24, 2.45) is 4.99 Å². The topological polar surface area (TPSA) is 44.7 Å². The van der Waals surface area contributed by atoms with Gasteiger partial charge in [0.1, 0.15) is 6.54 Å². The van der Waals surface area contributed by atoms with Gasteiger partial charge < -0.3 is 10.2 Å². The molecule has 2 unspecified atom stereocenters. The molecule has 1 heterocycles. The largest absolute Gasteiger partial charge is 0.362 e. The fraction of sp³-hybridized carbons (Fsp3) is 0.800. The monoisotopic (exact) mass is 229 g/mol. The Bertz CT molecular complexity index is 253. The zero-order chi connectivity index (χ0) is 11.4. The number of hydrogen-bond acceptors (Lipinski definition) is 3. The highest BCUT2D eigenvalue weighted by Gasteiger charge is 2.19. The summed E-state index contributed by atoms with van der Waals surface area (Å²) in [6.07, 6.45) is 1.14. The van der Waals surface area contributed by atoms with Crippen molar-refractivity contribution < 1.29 is 4.79 Å². The van der Waals surface area contributed by atoms with Crippen LogP contribution >= 0.6 is 11.8 Å². The summed E-state index contributed by atoms with van der Waals surface area (Å²) in [4.78, 5) is 17.2. The number of carbonyl (C=O) groups excluding carboxylic acids is 1. The van der Waals surface area contributed by atoms with E-state index >= 15 is 0 Å². The lowest BCUT2D eigenvalue weighted by molar-refractivity contribution is -0.127. The van der Waals surface area contributed by atoms with E-state index in [2.05, 4.69) is 24.2 Å². The van der Waals surface area contributed by atoms with Gasteiger partial charge in [-0.1, -0.05) is 18.7 Å². The smallest absolute Gasteiger partial charge is 0.243 e. The van der Waals surface area contributed by atoms with E-state index in [9.17, 15) is 4.79 Å². The van der Waals surface area contributed by atoms with Crippen molar-refractivity contribution in [2.45, 2.75) is 31.6 Å². The molecule has 0 saturated carbocycles. The Morgan fingerprint density at radius 1 is 1.60 bits per heavy atom. The van der Waals surface area contributed by atoms with E-state index in [1.54, 1.807) is 30.8 Å². The molecule has 5 heteroatoms. The molecule has 15 heavy (non-hydrogen) atoms. The SMILES string of the molecule is CC1CC(C)SC(=NCC(=O)N(C)C)N1. The molecule has 0 aromatic carbocycles. The van der Waals surface area contributed by atoms with Crippen molar-refractivity contribution in [3.8, 4) is 0 Å². The Morgan fingerprint density at radius 3 is 2.80 bits per heavy atom. The third-order valence-corrected chi connectivity index (χ3v) is 3.29. The van der Waals surface area contributed by atoms with E-state index < -0.39 is 0 Å². The van der Waals surface area contributed by atoms with Crippen LogP contribution in [0.3, 0.4) is 0 Å². The standard InChI is InChI=1S/C10H19N3OS/c1-7-5-8(2)15-10(12-7)11-6-9(14)13(3)4/h7-8H,5-6H2,1-4H3,(H,11,12). The predicted octanol–water partition coefficient (Wildman–Crippen LogP) is 0.934. The maximum Gasteiger partial charge on any atom is 0.243 e. The molecule has 1 aliphatic heterocycles. The number of nitrogens with zero attached hydrogens (tertiary/aromatic N) is 2. The second-order valence-corrected chi connectivity index (χ2v) is 5.55. The summed E-state index contributed by atoms with van der Waals surface area (Å²) < 4.78 is 0. The Hall–Kier alpha value is -0.710. The van der Waals surface area contributed by atoms with Gasteiger partial charge in [-0.25, -0.2) is 0 Å². The van der Waals surface area contributed by atoms with E-state index in [0.717, 1.165) is 11.6 Å². The highest BCUT2D eigenvalue weighted by molar-refractivity contribution is 8.14. The van der Waals surface area contributed by atoms with E-state index in [1.807, 2.05) is 0 Å². The molecule has 1 rings (SSSR count). The lowest BCUT2D eigenvalue weighted by atomic mass is 10.2. The molecule has 86 valence electrons. The number of thioether (sulfide) groups is 1. The molecule has 0 aromatic rings. The van der Waals surface area contributed by atoms with Crippen LogP contribution in [0.4, 0.5) is 0 Å². The van der Waals surface area contributed by atoms with Gasteiger partial charge in [0, 0.05) is 25.4 Å². The van der Waals surface area contributed by atoms with Gasteiger partial charge in [-0.15, -0.1) is 0 Å². The van der Waals surface area contributed by atoms with E-state index in [4.69, 9.17) is 0 Å². The van der Waals surface area contributed by atoms with Crippen LogP contribution in [-0.2, 0) is 4.79 Å². The molecule has 1 saturated heterocycles. The fourth-order valence-corrected chi connectivity index (χ4v) is 2.58. The van der Waals surface area contributed by atoms with E-state index in [-0.39, 0.29) is 12.5 Å². The number of hydrogen-bond donors (Lipinski definition) is 1. The van der Waals surface area contributed by atoms with Gasteiger partial charge in [0.15, 0.2) is 5.17 Å². The van der Waals surface area contributed by atoms with Crippen LogP contribution in [0.25, 0.3) is 0 Å². The zero-order valence-electron chi connectivity index (χ0n) is 9.78. The first-order valence-corrected chi connectivity index (χ1v) is 6.04. The Balaban J connectivity index is 2.48. The van der Waals surface area contributed by atoms with Crippen LogP contribution in [0.5, 0.6) is 0 Å². The van der Waals surface area contributed by atoms with Crippen molar-refractivity contribution >= 4 is 22.8 Å². The second-order valence-electron chi connectivity index (χ2n) is 4.12. The maximum atomic E-state index is 11.3. The van der Waals surface area contributed by atoms with Crippen molar-refractivity contribution in [1.29, 1.82) is 0 Å². The van der Waals surface area contributed by atoms with Crippen LogP contribution in [0, 0.1) is 0 Å². The summed E-state index contributed by atoms with van der Waals surface area (Å²) in [5.41, 5.74) is 0. The Kier molecular flexibility index (Phi) is 4.45. The van der Waals surface area contributed by atoms with Gasteiger partial charge in [0.2, 0.25) is 5.91 Å². The Morgan fingerprint density at radius 2 is 2.27 bits per heavy atom. The quantitative estimate of drug-likeness (QED) is 0.766. The minimum atomic E-state index is 0.0378. The van der Waals surface area contributed by atoms with Crippen LogP contribution in [0.15, 0.2) is 4.99 Å². The molecular weight excluding hydrogens is 210 g/mol. The summed E-state index contributed by atoms with van der Waals surface area (Å²) in [6.45, 7) is 4.56. The normalized spacial score (nSPS) is 28.7. The summed E-state index contributed by atoms with van der Waals surface area (Å²) >= 11 is 1.71. The molecule has 1 fully saturated rings. The van der Waals surface area contributed by atoms with Gasteiger partial charge in [-0.3, -0.25) is 9.79 Å². The number of likely N-dealkylation sites (N-methyl/N-ethyl adjacent to an activating group) is 1. The van der Waals surface area contributed by atoms with E-state index in [0.29, 0.717) is 11.3 Å². The van der Waals surface area contributed by atoms with Crippen LogP contribution in [0.2, 0.25) is 0 Å². The molecule has 0 aromatic heterocycles. The third-order valence-electron chi connectivity index (χ3n) is 2.22. The van der Waals surface area contributed by atoms with Crippen molar-refractivity contribution in [3.05, 3.63) is 0 Å². The predicted molar refractivity (Wildman–Crippen MR) is 65.3 cm³/mol. The average molecular weight is 229 g/mol. The van der Waals surface area contributed by atoms with Crippen LogP contribution in [-0.4, -0.2) is 47.9 Å². The summed E-state index contributed by atoms with van der Waals surface area (Å²) in [7, 11) is 3.49. The van der Waals surface area contributed by atoms with Gasteiger partial charge in [-0.05, 0) is 13.3 Å².